The van der Waals surface area contributed by atoms with Gasteiger partial charge in [0.25, 0.3) is 0 Å². The number of carbonyl (C=O) groups excluding carboxylic acids is 1. The van der Waals surface area contributed by atoms with Crippen LogP contribution in [0, 0.1) is 0 Å². The van der Waals surface area contributed by atoms with Crippen molar-refractivity contribution < 1.29 is 24.1 Å². The monoisotopic (exact) mass is 566 g/mol. The number of fused-ring (bicyclic) bond motifs is 2. The van der Waals surface area contributed by atoms with Crippen molar-refractivity contribution in [1.29, 1.82) is 0 Å². The zero-order valence-electron chi connectivity index (χ0n) is 23.8. The van der Waals surface area contributed by atoms with E-state index < -0.39 is 0 Å². The van der Waals surface area contributed by atoms with E-state index in [0.29, 0.717) is 30.9 Å². The molecule has 1 N–H and O–H groups in total. The number of phenolic OH excluding ortho intramolecular Hbond substituents is 1. The van der Waals surface area contributed by atoms with Crippen molar-refractivity contribution in [3.8, 4) is 28.5 Å². The summed E-state index contributed by atoms with van der Waals surface area (Å²) in [4.78, 5) is 17.0. The molecule has 1 amide bonds. The smallest absolute Gasteiger partial charge is 0.410 e. The van der Waals surface area contributed by atoms with Gasteiger partial charge in [0.1, 0.15) is 23.9 Å². The van der Waals surface area contributed by atoms with Gasteiger partial charge in [-0.1, -0.05) is 42.5 Å². The maximum absolute atomic E-state index is 12.9. The van der Waals surface area contributed by atoms with E-state index in [4.69, 9.17) is 19.3 Å². The number of carbonyl (C=O) groups is 1. The first kappa shape index (κ1) is 27.4. The number of nitrogens with zero attached hydrogens (tertiary/aromatic N) is 4. The largest absolute Gasteiger partial charge is 0.507 e. The van der Waals surface area contributed by atoms with Crippen molar-refractivity contribution in [2.45, 2.75) is 31.4 Å². The number of aromatic nitrogens is 2. The van der Waals surface area contributed by atoms with Crippen LogP contribution in [-0.2, 0) is 23.3 Å². The molecule has 0 unspecified atom stereocenters. The molecule has 1 fully saturated rings. The van der Waals surface area contributed by atoms with Crippen LogP contribution in [0.4, 0.5) is 10.6 Å². The number of piperidine rings is 1. The number of phenols is 1. The fraction of sp³-hybridized carbons (Fsp3) is 0.303. The van der Waals surface area contributed by atoms with Gasteiger partial charge in [0.05, 0.1) is 19.9 Å². The highest BCUT2D eigenvalue weighted by atomic mass is 16.6. The minimum Gasteiger partial charge on any atom is -0.507 e. The molecule has 2 aliphatic heterocycles. The van der Waals surface area contributed by atoms with Crippen LogP contribution in [0.1, 0.15) is 29.5 Å². The van der Waals surface area contributed by atoms with Gasteiger partial charge in [-0.2, -0.15) is 0 Å². The van der Waals surface area contributed by atoms with E-state index in [2.05, 4.69) is 16.1 Å². The predicted octanol–water partition coefficient (Wildman–Crippen LogP) is 5.56. The number of anilines is 1. The summed E-state index contributed by atoms with van der Waals surface area (Å²) >= 11 is 0. The Bertz CT molecular complexity index is 1570. The summed E-state index contributed by atoms with van der Waals surface area (Å²) in [5.41, 5.74) is 4.08. The zero-order chi connectivity index (χ0) is 29.1. The van der Waals surface area contributed by atoms with Crippen molar-refractivity contribution in [2.75, 3.05) is 38.8 Å². The van der Waals surface area contributed by atoms with Gasteiger partial charge in [0.2, 0.25) is 0 Å². The van der Waals surface area contributed by atoms with Crippen LogP contribution in [0.15, 0.2) is 78.9 Å². The molecular weight excluding hydrogens is 532 g/mol. The Hall–Kier alpha value is -4.79. The van der Waals surface area contributed by atoms with Gasteiger partial charge in [-0.15, -0.1) is 10.2 Å². The van der Waals surface area contributed by atoms with Gasteiger partial charge in [-0.25, -0.2) is 4.79 Å². The molecule has 1 spiro atoms. The number of amides is 1. The Kier molecular flexibility index (Phi) is 7.56. The number of rotatable bonds is 7. The standard InChI is InChI=1S/C33H34N4O5/c1-40-25-13-12-24(30(18-25)41-2)20-37-22-33(27-19-28(34-35-31(27)37)26-10-6-7-11-29(26)38)14-16-36(17-15-33)32(39)42-21-23-8-4-3-5-9-23/h3-13,18-19,38H,14-17,20-22H2,1-2H3. The van der Waals surface area contributed by atoms with Crippen molar-refractivity contribution in [3.05, 3.63) is 95.6 Å². The Morgan fingerprint density at radius 2 is 1.69 bits per heavy atom. The van der Waals surface area contributed by atoms with Crippen LogP contribution in [0.2, 0.25) is 0 Å². The van der Waals surface area contributed by atoms with E-state index in [9.17, 15) is 9.90 Å². The van der Waals surface area contributed by atoms with Crippen LogP contribution in [0.3, 0.4) is 0 Å². The highest BCUT2D eigenvalue weighted by molar-refractivity contribution is 5.71. The third-order valence-corrected chi connectivity index (χ3v) is 8.36. The first-order chi connectivity index (χ1) is 20.5. The lowest BCUT2D eigenvalue weighted by molar-refractivity contribution is 0.0789. The van der Waals surface area contributed by atoms with Gasteiger partial charge in [0, 0.05) is 54.4 Å². The molecule has 2 aliphatic rings. The lowest BCUT2D eigenvalue weighted by atomic mass is 9.74. The molecule has 6 rings (SSSR count). The van der Waals surface area contributed by atoms with Crippen LogP contribution >= 0.6 is 0 Å². The number of hydrogen-bond donors (Lipinski definition) is 1. The lowest BCUT2D eigenvalue weighted by Crippen LogP contribution is -2.47. The van der Waals surface area contributed by atoms with E-state index in [1.807, 2.05) is 60.7 Å². The van der Waals surface area contributed by atoms with Gasteiger partial charge in [-0.05, 0) is 48.7 Å². The van der Waals surface area contributed by atoms with Crippen LogP contribution in [-0.4, -0.2) is 60.2 Å². The van der Waals surface area contributed by atoms with E-state index in [1.165, 1.54) is 0 Å². The second kappa shape index (κ2) is 11.6. The van der Waals surface area contributed by atoms with Crippen molar-refractivity contribution in [3.63, 3.8) is 0 Å². The van der Waals surface area contributed by atoms with E-state index in [1.54, 1.807) is 31.3 Å². The van der Waals surface area contributed by atoms with Crippen LogP contribution in [0.25, 0.3) is 11.3 Å². The Labute approximate surface area is 245 Å². The summed E-state index contributed by atoms with van der Waals surface area (Å²) in [7, 11) is 3.29. The highest BCUT2D eigenvalue weighted by Gasteiger charge is 2.47. The maximum Gasteiger partial charge on any atom is 0.410 e. The topological polar surface area (TPSA) is 97.3 Å². The molecule has 1 aromatic heterocycles. The van der Waals surface area contributed by atoms with Crippen molar-refractivity contribution in [1.82, 2.24) is 15.1 Å². The van der Waals surface area contributed by atoms with Crippen LogP contribution < -0.4 is 14.4 Å². The molecule has 9 heteroatoms. The van der Waals surface area contributed by atoms with Gasteiger partial charge in [0.15, 0.2) is 5.82 Å². The zero-order valence-corrected chi connectivity index (χ0v) is 23.8. The number of ether oxygens (including phenoxy) is 3. The highest BCUT2D eigenvalue weighted by Crippen LogP contribution is 2.48. The molecule has 0 radical (unpaired) electrons. The third-order valence-electron chi connectivity index (χ3n) is 8.36. The molecule has 42 heavy (non-hydrogen) atoms. The summed E-state index contributed by atoms with van der Waals surface area (Å²) in [6.07, 6.45) is 1.21. The summed E-state index contributed by atoms with van der Waals surface area (Å²) in [6.45, 7) is 2.70. The minimum absolute atomic E-state index is 0.162. The number of benzene rings is 3. The van der Waals surface area contributed by atoms with E-state index in [0.717, 1.165) is 53.4 Å². The first-order valence-electron chi connectivity index (χ1n) is 14.1. The van der Waals surface area contributed by atoms with E-state index in [-0.39, 0.29) is 23.9 Å². The molecule has 0 saturated carbocycles. The normalized spacial score (nSPS) is 15.4. The predicted molar refractivity (Wildman–Crippen MR) is 159 cm³/mol. The van der Waals surface area contributed by atoms with Gasteiger partial charge >= 0.3 is 6.09 Å². The lowest BCUT2D eigenvalue weighted by Gasteiger charge is -2.39. The second-order valence-corrected chi connectivity index (χ2v) is 10.8. The molecule has 9 nitrogen and oxygen atoms in total. The summed E-state index contributed by atoms with van der Waals surface area (Å²) < 4.78 is 16.7. The Morgan fingerprint density at radius 1 is 0.929 bits per heavy atom. The average molecular weight is 567 g/mol. The summed E-state index contributed by atoms with van der Waals surface area (Å²) in [5, 5.41) is 19.8. The third kappa shape index (κ3) is 5.30. The maximum atomic E-state index is 12.9. The Balaban J connectivity index is 1.27. The summed E-state index contributed by atoms with van der Waals surface area (Å²) in [6, 6.07) is 24.8. The number of methoxy groups -OCH3 is 2. The molecule has 3 aromatic carbocycles. The van der Waals surface area contributed by atoms with Gasteiger partial charge < -0.3 is 29.1 Å². The fourth-order valence-electron chi connectivity index (χ4n) is 6.03. The van der Waals surface area contributed by atoms with Gasteiger partial charge in [-0.3, -0.25) is 0 Å². The molecule has 4 aromatic rings. The molecule has 0 bridgehead atoms. The van der Waals surface area contributed by atoms with Crippen molar-refractivity contribution in [2.24, 2.45) is 0 Å². The Morgan fingerprint density at radius 3 is 2.43 bits per heavy atom. The average Bonchev–Trinajstić information content (AvgIpc) is 3.32. The number of para-hydroxylation sites is 1. The van der Waals surface area contributed by atoms with Crippen LogP contribution in [0.5, 0.6) is 17.2 Å². The molecule has 1 saturated heterocycles. The first-order valence-corrected chi connectivity index (χ1v) is 14.1. The van der Waals surface area contributed by atoms with Crippen molar-refractivity contribution >= 4 is 11.9 Å². The molecule has 0 aliphatic carbocycles. The molecular formula is C33H34N4O5. The molecule has 216 valence electrons. The number of aromatic hydroxyl groups is 1. The quantitative estimate of drug-likeness (QED) is 0.311. The van der Waals surface area contributed by atoms with E-state index >= 15 is 0 Å². The number of likely N-dealkylation sites (tertiary alicyclic amines) is 1. The molecule has 3 heterocycles. The summed E-state index contributed by atoms with van der Waals surface area (Å²) in [5.74, 6) is 2.45. The number of hydrogen-bond acceptors (Lipinski definition) is 8. The molecule has 0 atom stereocenters. The minimum atomic E-state index is -0.297. The second-order valence-electron chi connectivity index (χ2n) is 10.8. The SMILES string of the molecule is COc1ccc(CN2CC3(CCN(C(=O)OCc4ccccc4)CC3)c3cc(-c4ccccc4O)nnc32)c(OC)c1. The fourth-order valence-corrected chi connectivity index (χ4v) is 6.03.